The molecule has 17 heteroatoms. The number of ether oxygens (including phenoxy) is 14. The highest BCUT2D eigenvalue weighted by Crippen LogP contribution is 2.51. The van der Waals surface area contributed by atoms with Crippen molar-refractivity contribution in [3.63, 3.8) is 0 Å². The van der Waals surface area contributed by atoms with E-state index >= 15 is 0 Å². The molecule has 3 N–H and O–H groups in total. The molecule has 0 aliphatic carbocycles. The molecule has 0 radical (unpaired) electrons. The molecule has 12 aliphatic heterocycles. The van der Waals surface area contributed by atoms with Crippen LogP contribution in [0, 0.1) is 11.8 Å². The fourth-order valence-electron chi connectivity index (χ4n) is 16.1. The number of hydrogen-bond acceptors (Lipinski definition) is 17. The second kappa shape index (κ2) is 22.9. The van der Waals surface area contributed by atoms with Gasteiger partial charge in [0, 0.05) is 58.5 Å². The maximum absolute atomic E-state index is 13.7. The number of methoxy groups -OCH3 is 1. The number of rotatable bonds is 15. The Kier molecular flexibility index (Phi) is 16.6. The minimum absolute atomic E-state index is 0.0222. The summed E-state index contributed by atoms with van der Waals surface area (Å²) in [4.78, 5) is 13.7. The quantitative estimate of drug-likeness (QED) is 0.126. The zero-order valence-electron chi connectivity index (χ0n) is 45.9. The summed E-state index contributed by atoms with van der Waals surface area (Å²) in [6.07, 6.45) is 12.7. The number of aliphatic hydroxyl groups is 1. The Hall–Kier alpha value is -1.65. The first-order valence-electron chi connectivity index (χ1n) is 30.1. The van der Waals surface area contributed by atoms with Gasteiger partial charge in [0.2, 0.25) is 0 Å². The predicted molar refractivity (Wildman–Crippen MR) is 275 cm³/mol. The molecule has 0 aromatic heterocycles. The van der Waals surface area contributed by atoms with Gasteiger partial charge in [-0.05, 0) is 113 Å². The average molecular weight is 1070 g/mol. The van der Waals surface area contributed by atoms with Gasteiger partial charge in [0.25, 0.3) is 0 Å². The zero-order valence-corrected chi connectivity index (χ0v) is 45.9. The highest BCUT2D eigenvalue weighted by molar-refractivity contribution is 5.70. The number of nitrogens with two attached hydrogens (primary N) is 1. The number of hydrogen-bond donors (Lipinski definition) is 2. The van der Waals surface area contributed by atoms with E-state index in [9.17, 15) is 9.90 Å². The number of carbonyl (C=O) groups excluding carboxylic acids is 1. The van der Waals surface area contributed by atoms with E-state index in [4.69, 9.17) is 72.0 Å². The second-order valence-electron chi connectivity index (χ2n) is 25.4. The first-order chi connectivity index (χ1) is 36.8. The molecule has 17 nitrogen and oxygen atoms in total. The summed E-state index contributed by atoms with van der Waals surface area (Å²) in [5.41, 5.74) is 8.23. The van der Waals surface area contributed by atoms with Gasteiger partial charge in [-0.2, -0.15) is 0 Å². The molecule has 12 rings (SSSR count). The monoisotopic (exact) mass is 1070 g/mol. The molecule has 0 saturated carbocycles. The summed E-state index contributed by atoms with van der Waals surface area (Å²) in [5.74, 6) is -1.12. The van der Waals surface area contributed by atoms with Crippen molar-refractivity contribution in [3.05, 3.63) is 24.3 Å². The van der Waals surface area contributed by atoms with Crippen LogP contribution in [0.5, 0.6) is 0 Å². The molecule has 0 aromatic carbocycles. The molecule has 0 amide bonds. The molecule has 4 unspecified atom stereocenters. The van der Waals surface area contributed by atoms with Gasteiger partial charge >= 0.3 is 5.97 Å². The zero-order chi connectivity index (χ0) is 52.5. The second-order valence-corrected chi connectivity index (χ2v) is 25.4. The number of fused-ring (bicyclic) bond motifs is 10. The van der Waals surface area contributed by atoms with Crippen LogP contribution in [0.25, 0.3) is 0 Å². The summed E-state index contributed by atoms with van der Waals surface area (Å²) >= 11 is 0. The Morgan fingerprint density at radius 1 is 0.684 bits per heavy atom. The Balaban J connectivity index is 0.602. The van der Waals surface area contributed by atoms with Crippen molar-refractivity contribution in [3.8, 4) is 0 Å². The van der Waals surface area contributed by atoms with Crippen molar-refractivity contribution in [1.29, 1.82) is 0 Å². The van der Waals surface area contributed by atoms with Crippen LogP contribution in [0.2, 0.25) is 0 Å². The van der Waals surface area contributed by atoms with E-state index in [0.717, 1.165) is 89.0 Å². The average Bonchev–Trinajstić information content (AvgIpc) is 4.19. The van der Waals surface area contributed by atoms with Gasteiger partial charge in [0.05, 0.1) is 117 Å². The lowest BCUT2D eigenvalue weighted by Gasteiger charge is -2.53. The van der Waals surface area contributed by atoms with Crippen molar-refractivity contribution in [2.75, 3.05) is 20.3 Å². The summed E-state index contributed by atoms with van der Waals surface area (Å²) in [6.45, 7) is 16.3. The molecule has 26 atom stereocenters. The fourth-order valence-corrected chi connectivity index (χ4v) is 16.1. The Morgan fingerprint density at radius 2 is 1.47 bits per heavy atom. The molecule has 12 aliphatic rings. The summed E-state index contributed by atoms with van der Waals surface area (Å²) in [5, 5.41) is 11.2. The maximum atomic E-state index is 13.7. The Bertz CT molecular complexity index is 2050. The van der Waals surface area contributed by atoms with E-state index in [1.165, 1.54) is 5.57 Å². The highest BCUT2D eigenvalue weighted by atomic mass is 16.8. The third-order valence-corrected chi connectivity index (χ3v) is 20.1. The smallest absolute Gasteiger partial charge is 0.308 e. The Morgan fingerprint density at radius 3 is 2.32 bits per heavy atom. The van der Waals surface area contributed by atoms with Crippen LogP contribution in [0.1, 0.15) is 162 Å². The van der Waals surface area contributed by atoms with Crippen molar-refractivity contribution >= 4 is 5.97 Å². The lowest BCUT2D eigenvalue weighted by molar-refractivity contribution is -0.364. The van der Waals surface area contributed by atoms with E-state index in [1.807, 2.05) is 0 Å². The van der Waals surface area contributed by atoms with Gasteiger partial charge in [0.15, 0.2) is 11.6 Å². The van der Waals surface area contributed by atoms with Crippen LogP contribution in [-0.4, -0.2) is 177 Å². The van der Waals surface area contributed by atoms with E-state index in [-0.39, 0.29) is 122 Å². The first-order valence-corrected chi connectivity index (χ1v) is 30.1. The normalized spacial score (nSPS) is 50.9. The van der Waals surface area contributed by atoms with E-state index in [2.05, 4.69) is 33.9 Å². The van der Waals surface area contributed by atoms with E-state index in [0.29, 0.717) is 70.4 Å². The van der Waals surface area contributed by atoms with Crippen LogP contribution >= 0.6 is 0 Å². The first kappa shape index (κ1) is 54.9. The van der Waals surface area contributed by atoms with Crippen LogP contribution in [-0.2, 0) is 71.1 Å². The Labute approximate surface area is 450 Å². The maximum Gasteiger partial charge on any atom is 0.308 e. The fraction of sp³-hybridized carbons (Fsp3) is 0.915. The molecule has 4 bridgehead atoms. The SMILES string of the molecule is C=C1C[C@H](CC[C@]23CC[C@H](O2)C2O[C@H]4CC[C@H](CC(=O)O[C@H]5CO[C@H]6C[C@H]7O[C@@H](C[C@@H]8O[C@@]9(CC[C@@H]8O)C[C@H](C)[C@@H]8O[C@H](CCN)CC[C@@H]8O9)CC7OC6C5)O[C@@H]4[C@H](O3)C2OC)O[C@H]1CC[C@H]1C[C@@H](C)C(=C)[C@@H](CC)O1. The lowest BCUT2D eigenvalue weighted by Crippen LogP contribution is -2.64. The number of aliphatic hydroxyl groups excluding tert-OH is 1. The summed E-state index contributed by atoms with van der Waals surface area (Å²) in [6, 6.07) is 0. The molecule has 428 valence electrons. The summed E-state index contributed by atoms with van der Waals surface area (Å²) < 4.78 is 92.7. The summed E-state index contributed by atoms with van der Waals surface area (Å²) in [7, 11) is 1.71. The van der Waals surface area contributed by atoms with Crippen LogP contribution in [0.4, 0.5) is 0 Å². The predicted octanol–water partition coefficient (Wildman–Crippen LogP) is 6.98. The highest BCUT2D eigenvalue weighted by Gasteiger charge is 2.61. The van der Waals surface area contributed by atoms with E-state index in [1.54, 1.807) is 7.11 Å². The van der Waals surface area contributed by atoms with Crippen molar-refractivity contribution in [2.24, 2.45) is 17.6 Å². The van der Waals surface area contributed by atoms with Crippen LogP contribution in [0.15, 0.2) is 24.3 Å². The van der Waals surface area contributed by atoms with Crippen LogP contribution in [0.3, 0.4) is 0 Å². The number of carbonyl (C=O) groups is 1. The van der Waals surface area contributed by atoms with Gasteiger partial charge in [-0.3, -0.25) is 4.79 Å². The van der Waals surface area contributed by atoms with Gasteiger partial charge in [-0.15, -0.1) is 0 Å². The molecule has 1 spiro atoms. The molecule has 76 heavy (non-hydrogen) atoms. The topological polar surface area (TPSA) is 193 Å². The largest absolute Gasteiger partial charge is 0.460 e. The third-order valence-electron chi connectivity index (χ3n) is 20.1. The molecular formula is C59H91NO16. The minimum Gasteiger partial charge on any atom is -0.460 e. The minimum atomic E-state index is -0.809. The van der Waals surface area contributed by atoms with E-state index < -0.39 is 42.1 Å². The van der Waals surface area contributed by atoms with Gasteiger partial charge in [0.1, 0.15) is 30.5 Å². The van der Waals surface area contributed by atoms with Gasteiger partial charge < -0.3 is 77.2 Å². The molecule has 12 fully saturated rings. The van der Waals surface area contributed by atoms with Gasteiger partial charge in [-0.1, -0.05) is 33.9 Å². The van der Waals surface area contributed by atoms with Crippen molar-refractivity contribution in [1.82, 2.24) is 0 Å². The van der Waals surface area contributed by atoms with Gasteiger partial charge in [-0.25, -0.2) is 0 Å². The third kappa shape index (κ3) is 11.3. The molecule has 0 aromatic rings. The standard InChI is InChI=1S/C59H91NO16/c1-7-42-34(5)31(2)22-36(65-42)9-11-43-32(3)23-38(66-43)14-18-58-20-16-46(73-58)55-56(63-6)57(76-58)54-44(72-55)12-10-37(70-54)27-52(62)68-40-26-49-48(64-30-40)28-51-50(71-49)25-39(67-51)24-47-41(61)15-19-59(75-47)29-33(4)53-45(74-59)13-8-35(69-53)17-21-60/h31,33,35-51,53-57,61H,3,5,7-30,60H2,1-2,4,6H3/t31-,33+,35+,36+,37-,38+,39+,40-,41+,42-,43+,44+,45+,46+,47+,48+,49?,50?,51-,53+,54+,55?,56?,57+,58+,59+/m1/s1. The molecule has 12 saturated heterocycles. The van der Waals surface area contributed by atoms with Crippen molar-refractivity contribution in [2.45, 2.75) is 308 Å². The van der Waals surface area contributed by atoms with Crippen molar-refractivity contribution < 1.29 is 76.2 Å². The molecular weight excluding hydrogens is 979 g/mol. The van der Waals surface area contributed by atoms with Crippen LogP contribution < -0.4 is 5.73 Å². The number of esters is 1. The molecule has 12 heterocycles. The lowest BCUT2D eigenvalue weighted by atomic mass is 9.81.